The van der Waals surface area contributed by atoms with Gasteiger partial charge in [0.05, 0.1) is 0 Å². The zero-order valence-corrected chi connectivity index (χ0v) is 13.5. The summed E-state index contributed by atoms with van der Waals surface area (Å²) in [4.78, 5) is 15.3. The van der Waals surface area contributed by atoms with Gasteiger partial charge in [-0.3, -0.25) is 4.79 Å². The van der Waals surface area contributed by atoms with Crippen LogP contribution in [0.3, 0.4) is 0 Å². The lowest BCUT2D eigenvalue weighted by molar-refractivity contribution is -0.114. The third-order valence-corrected chi connectivity index (χ3v) is 2.95. The Balaban J connectivity index is 2.04. The quantitative estimate of drug-likeness (QED) is 0.935. The molecule has 22 heavy (non-hydrogen) atoms. The maximum absolute atomic E-state index is 11.0. The molecule has 1 heterocycles. The second-order valence-corrected chi connectivity index (χ2v) is 6.17. The van der Waals surface area contributed by atoms with Gasteiger partial charge in [-0.2, -0.15) is 4.98 Å². The lowest BCUT2D eigenvalue weighted by Gasteiger charge is -2.12. The SMILES string of the molecule is CC(=O)Nc1ccc(OC(C)c2nc(C(C)(C)C)no2)cc1. The van der Waals surface area contributed by atoms with Gasteiger partial charge in [0.25, 0.3) is 5.89 Å². The van der Waals surface area contributed by atoms with E-state index in [0.29, 0.717) is 17.5 Å². The van der Waals surface area contributed by atoms with Gasteiger partial charge < -0.3 is 14.6 Å². The highest BCUT2D eigenvalue weighted by Crippen LogP contribution is 2.25. The predicted octanol–water partition coefficient (Wildman–Crippen LogP) is 3.47. The van der Waals surface area contributed by atoms with E-state index >= 15 is 0 Å². The van der Waals surface area contributed by atoms with Crippen molar-refractivity contribution in [3.8, 4) is 5.75 Å². The van der Waals surface area contributed by atoms with Crippen LogP contribution in [0.2, 0.25) is 0 Å². The van der Waals surface area contributed by atoms with Crippen molar-refractivity contribution in [2.24, 2.45) is 0 Å². The van der Waals surface area contributed by atoms with Crippen molar-refractivity contribution in [1.29, 1.82) is 0 Å². The molecule has 2 aromatic rings. The van der Waals surface area contributed by atoms with E-state index in [1.165, 1.54) is 6.92 Å². The fourth-order valence-electron chi connectivity index (χ4n) is 1.78. The maximum atomic E-state index is 11.0. The van der Waals surface area contributed by atoms with Crippen LogP contribution < -0.4 is 10.1 Å². The van der Waals surface area contributed by atoms with Crippen molar-refractivity contribution in [1.82, 2.24) is 10.1 Å². The standard InChI is InChI=1S/C16H21N3O3/c1-10(14-18-15(19-22-14)16(3,4)5)21-13-8-6-12(7-9-13)17-11(2)20/h6-10H,1-5H3,(H,17,20). The minimum atomic E-state index is -0.352. The van der Waals surface area contributed by atoms with E-state index in [9.17, 15) is 4.79 Å². The van der Waals surface area contributed by atoms with E-state index in [2.05, 4.69) is 15.5 Å². The number of hydrogen-bond donors (Lipinski definition) is 1. The van der Waals surface area contributed by atoms with E-state index in [1.807, 2.05) is 27.7 Å². The number of carbonyl (C=O) groups is 1. The Kier molecular flexibility index (Phi) is 4.49. The van der Waals surface area contributed by atoms with Gasteiger partial charge in [0, 0.05) is 18.0 Å². The molecule has 0 fully saturated rings. The molecule has 6 nitrogen and oxygen atoms in total. The second kappa shape index (κ2) is 6.17. The number of rotatable bonds is 4. The van der Waals surface area contributed by atoms with Crippen LogP contribution in [0.25, 0.3) is 0 Å². The van der Waals surface area contributed by atoms with Crippen molar-refractivity contribution in [2.45, 2.75) is 46.1 Å². The molecule has 1 aromatic carbocycles. The number of anilines is 1. The van der Waals surface area contributed by atoms with Crippen LogP contribution in [-0.4, -0.2) is 16.0 Å². The van der Waals surface area contributed by atoms with Gasteiger partial charge in [0.2, 0.25) is 5.91 Å². The van der Waals surface area contributed by atoms with E-state index in [-0.39, 0.29) is 17.4 Å². The smallest absolute Gasteiger partial charge is 0.267 e. The number of aromatic nitrogens is 2. The summed E-state index contributed by atoms with van der Waals surface area (Å²) in [6.45, 7) is 9.38. The molecule has 1 unspecified atom stereocenters. The normalized spacial score (nSPS) is 12.8. The Hall–Kier alpha value is -2.37. The zero-order valence-electron chi connectivity index (χ0n) is 13.5. The third kappa shape index (κ3) is 4.07. The van der Waals surface area contributed by atoms with E-state index in [4.69, 9.17) is 9.26 Å². The van der Waals surface area contributed by atoms with Gasteiger partial charge in [-0.25, -0.2) is 0 Å². The molecule has 0 saturated heterocycles. The number of nitrogens with one attached hydrogen (secondary N) is 1. The van der Waals surface area contributed by atoms with Gasteiger partial charge >= 0.3 is 0 Å². The van der Waals surface area contributed by atoms with Crippen LogP contribution in [-0.2, 0) is 10.2 Å². The number of amides is 1. The summed E-state index contributed by atoms with van der Waals surface area (Å²) in [5.74, 6) is 1.65. The molecule has 118 valence electrons. The first-order chi connectivity index (χ1) is 10.3. The second-order valence-electron chi connectivity index (χ2n) is 6.17. The fourth-order valence-corrected chi connectivity index (χ4v) is 1.78. The Morgan fingerprint density at radius 1 is 1.27 bits per heavy atom. The summed E-state index contributed by atoms with van der Waals surface area (Å²) in [7, 11) is 0. The molecule has 2 rings (SSSR count). The van der Waals surface area contributed by atoms with Crippen LogP contribution in [0.4, 0.5) is 5.69 Å². The Bertz CT molecular complexity index is 641. The Morgan fingerprint density at radius 3 is 2.41 bits per heavy atom. The molecule has 0 spiro atoms. The first-order valence-corrected chi connectivity index (χ1v) is 7.14. The molecule has 1 aromatic heterocycles. The summed E-state index contributed by atoms with van der Waals surface area (Å²) >= 11 is 0. The molecule has 0 aliphatic carbocycles. The summed E-state index contributed by atoms with van der Waals surface area (Å²) in [6.07, 6.45) is -0.352. The molecule has 1 amide bonds. The molecule has 0 aliphatic heterocycles. The van der Waals surface area contributed by atoms with Crippen molar-refractivity contribution < 1.29 is 14.1 Å². The van der Waals surface area contributed by atoms with Crippen LogP contribution in [0.5, 0.6) is 5.75 Å². The molecule has 0 saturated carbocycles. The lowest BCUT2D eigenvalue weighted by atomic mass is 9.96. The van der Waals surface area contributed by atoms with Gasteiger partial charge in [-0.05, 0) is 31.2 Å². The highest BCUT2D eigenvalue weighted by atomic mass is 16.5. The molecule has 0 radical (unpaired) electrons. The average Bonchev–Trinajstić information content (AvgIpc) is 2.90. The summed E-state index contributed by atoms with van der Waals surface area (Å²) in [6, 6.07) is 7.11. The topological polar surface area (TPSA) is 77.2 Å². The highest BCUT2D eigenvalue weighted by molar-refractivity contribution is 5.88. The van der Waals surface area contributed by atoms with Crippen molar-refractivity contribution >= 4 is 11.6 Å². The maximum Gasteiger partial charge on any atom is 0.267 e. The number of benzene rings is 1. The van der Waals surface area contributed by atoms with E-state index in [0.717, 1.165) is 5.69 Å². The highest BCUT2D eigenvalue weighted by Gasteiger charge is 2.23. The Labute approximate surface area is 129 Å². The van der Waals surface area contributed by atoms with Gasteiger partial charge in [0.15, 0.2) is 11.9 Å². The average molecular weight is 303 g/mol. The molecular weight excluding hydrogens is 282 g/mol. The van der Waals surface area contributed by atoms with E-state index in [1.54, 1.807) is 24.3 Å². The van der Waals surface area contributed by atoms with Crippen LogP contribution in [0.15, 0.2) is 28.8 Å². The van der Waals surface area contributed by atoms with Crippen molar-refractivity contribution in [3.63, 3.8) is 0 Å². The Morgan fingerprint density at radius 2 is 1.91 bits per heavy atom. The first kappa shape index (κ1) is 16.0. The van der Waals surface area contributed by atoms with Crippen LogP contribution in [0.1, 0.15) is 52.4 Å². The monoisotopic (exact) mass is 303 g/mol. The van der Waals surface area contributed by atoms with Crippen molar-refractivity contribution in [3.05, 3.63) is 36.0 Å². The van der Waals surface area contributed by atoms with Crippen LogP contribution >= 0.6 is 0 Å². The predicted molar refractivity (Wildman–Crippen MR) is 82.8 cm³/mol. The summed E-state index contributed by atoms with van der Waals surface area (Å²) in [5, 5.41) is 6.68. The summed E-state index contributed by atoms with van der Waals surface area (Å²) in [5.41, 5.74) is 0.557. The number of ether oxygens (including phenoxy) is 1. The van der Waals surface area contributed by atoms with Gasteiger partial charge in [-0.1, -0.05) is 25.9 Å². The summed E-state index contributed by atoms with van der Waals surface area (Å²) < 4.78 is 11.0. The largest absolute Gasteiger partial charge is 0.481 e. The number of nitrogens with zero attached hydrogens (tertiary/aromatic N) is 2. The van der Waals surface area contributed by atoms with E-state index < -0.39 is 0 Å². The number of carbonyl (C=O) groups excluding carboxylic acids is 1. The van der Waals surface area contributed by atoms with Crippen LogP contribution in [0, 0.1) is 0 Å². The molecule has 0 bridgehead atoms. The molecule has 1 atom stereocenters. The molecule has 1 N–H and O–H groups in total. The van der Waals surface area contributed by atoms with Crippen molar-refractivity contribution in [2.75, 3.05) is 5.32 Å². The molecular formula is C16H21N3O3. The van der Waals surface area contributed by atoms with Gasteiger partial charge in [-0.15, -0.1) is 0 Å². The minimum Gasteiger partial charge on any atom is -0.481 e. The molecule has 0 aliphatic rings. The number of hydrogen-bond acceptors (Lipinski definition) is 5. The zero-order chi connectivity index (χ0) is 16.3. The third-order valence-electron chi connectivity index (χ3n) is 2.95. The lowest BCUT2D eigenvalue weighted by Crippen LogP contribution is -2.13. The fraction of sp³-hybridized carbons (Fsp3) is 0.438. The first-order valence-electron chi connectivity index (χ1n) is 7.14. The minimum absolute atomic E-state index is 0.109. The van der Waals surface area contributed by atoms with Gasteiger partial charge in [0.1, 0.15) is 5.75 Å². The molecule has 6 heteroatoms.